The van der Waals surface area contributed by atoms with Crippen LogP contribution < -0.4 is 15.0 Å². The second kappa shape index (κ2) is 10.8. The zero-order chi connectivity index (χ0) is 26.7. The lowest BCUT2D eigenvalue weighted by Crippen LogP contribution is -2.54. The maximum absolute atomic E-state index is 13.5. The molecule has 2 aromatic carbocycles. The molecule has 9 heteroatoms. The maximum Gasteiger partial charge on any atom is 0.338 e. The molecule has 1 aliphatic heterocycles. The molecule has 4 rings (SSSR count). The highest BCUT2D eigenvalue weighted by molar-refractivity contribution is 7.80. The highest BCUT2D eigenvalue weighted by Crippen LogP contribution is 2.28. The average Bonchev–Trinajstić information content (AvgIpc) is 3.14. The van der Waals surface area contributed by atoms with E-state index >= 15 is 0 Å². The fourth-order valence-electron chi connectivity index (χ4n) is 4.24. The molecule has 0 bridgehead atoms. The van der Waals surface area contributed by atoms with Gasteiger partial charge in [-0.2, -0.15) is 0 Å². The number of thiocarbonyl (C=S) groups is 1. The van der Waals surface area contributed by atoms with Crippen molar-refractivity contribution < 1.29 is 23.9 Å². The minimum Gasteiger partial charge on any atom is -0.494 e. The smallest absolute Gasteiger partial charge is 0.338 e. The van der Waals surface area contributed by atoms with Crippen molar-refractivity contribution in [3.63, 3.8) is 0 Å². The Morgan fingerprint density at radius 2 is 1.73 bits per heavy atom. The van der Waals surface area contributed by atoms with Gasteiger partial charge in [-0.3, -0.25) is 19.8 Å². The number of nitrogens with zero attached hydrogens (tertiary/aromatic N) is 2. The average molecular weight is 518 g/mol. The van der Waals surface area contributed by atoms with Gasteiger partial charge in [-0.25, -0.2) is 4.79 Å². The van der Waals surface area contributed by atoms with E-state index in [2.05, 4.69) is 5.32 Å². The van der Waals surface area contributed by atoms with Crippen LogP contribution in [-0.2, 0) is 14.3 Å². The molecule has 0 spiro atoms. The quantitative estimate of drug-likeness (QED) is 0.215. The van der Waals surface area contributed by atoms with E-state index in [0.29, 0.717) is 29.2 Å². The Labute approximate surface area is 220 Å². The topological polar surface area (TPSA) is 89.9 Å². The van der Waals surface area contributed by atoms with E-state index in [4.69, 9.17) is 21.7 Å². The van der Waals surface area contributed by atoms with Gasteiger partial charge in [0, 0.05) is 23.1 Å². The van der Waals surface area contributed by atoms with E-state index in [1.54, 1.807) is 55.5 Å². The van der Waals surface area contributed by atoms with Gasteiger partial charge in [-0.1, -0.05) is 12.1 Å². The Morgan fingerprint density at radius 1 is 1.00 bits per heavy atom. The zero-order valence-corrected chi connectivity index (χ0v) is 21.8. The van der Waals surface area contributed by atoms with Crippen molar-refractivity contribution in [2.45, 2.75) is 27.7 Å². The van der Waals surface area contributed by atoms with Crippen LogP contribution in [0.3, 0.4) is 0 Å². The van der Waals surface area contributed by atoms with Crippen molar-refractivity contribution in [2.24, 2.45) is 0 Å². The van der Waals surface area contributed by atoms with Gasteiger partial charge in [-0.15, -0.1) is 0 Å². The Morgan fingerprint density at radius 3 is 2.46 bits per heavy atom. The number of anilines is 1. The molecule has 37 heavy (non-hydrogen) atoms. The van der Waals surface area contributed by atoms with E-state index in [1.165, 1.54) is 4.90 Å². The van der Waals surface area contributed by atoms with E-state index in [9.17, 15) is 14.4 Å². The van der Waals surface area contributed by atoms with E-state index in [1.807, 2.05) is 37.5 Å². The summed E-state index contributed by atoms with van der Waals surface area (Å²) in [4.78, 5) is 39.8. The summed E-state index contributed by atoms with van der Waals surface area (Å²) in [6.07, 6.45) is 1.56. The molecule has 0 aliphatic carbocycles. The molecule has 1 fully saturated rings. The summed E-state index contributed by atoms with van der Waals surface area (Å²) in [6.45, 7) is 8.18. The molecule has 190 valence electrons. The molecule has 0 saturated carbocycles. The predicted octanol–water partition coefficient (Wildman–Crippen LogP) is 4.50. The summed E-state index contributed by atoms with van der Waals surface area (Å²) in [6, 6.07) is 16.0. The Kier molecular flexibility index (Phi) is 7.54. The number of esters is 1. The molecule has 1 saturated heterocycles. The molecule has 0 atom stereocenters. The van der Waals surface area contributed by atoms with Crippen LogP contribution in [0.5, 0.6) is 5.75 Å². The second-order valence-corrected chi connectivity index (χ2v) is 8.71. The molecule has 1 aromatic heterocycles. The van der Waals surface area contributed by atoms with Gasteiger partial charge in [0.25, 0.3) is 11.8 Å². The van der Waals surface area contributed by atoms with Crippen molar-refractivity contribution >= 4 is 46.9 Å². The van der Waals surface area contributed by atoms with Crippen LogP contribution in [0.1, 0.15) is 41.2 Å². The van der Waals surface area contributed by atoms with Crippen LogP contribution in [0, 0.1) is 13.8 Å². The largest absolute Gasteiger partial charge is 0.494 e. The summed E-state index contributed by atoms with van der Waals surface area (Å²) in [5.41, 5.74) is 4.00. The first-order chi connectivity index (χ1) is 17.7. The van der Waals surface area contributed by atoms with E-state index in [-0.39, 0.29) is 17.3 Å². The molecule has 2 heterocycles. The van der Waals surface area contributed by atoms with Gasteiger partial charge in [0.2, 0.25) is 0 Å². The van der Waals surface area contributed by atoms with E-state index < -0.39 is 17.8 Å². The summed E-state index contributed by atoms with van der Waals surface area (Å²) >= 11 is 5.32. The number of aromatic nitrogens is 1. The van der Waals surface area contributed by atoms with Crippen LogP contribution in [0.15, 0.2) is 60.2 Å². The second-order valence-electron chi connectivity index (χ2n) is 8.32. The van der Waals surface area contributed by atoms with Gasteiger partial charge in [0.1, 0.15) is 11.3 Å². The van der Waals surface area contributed by atoms with Gasteiger partial charge in [0.15, 0.2) is 5.11 Å². The van der Waals surface area contributed by atoms with E-state index in [0.717, 1.165) is 17.1 Å². The summed E-state index contributed by atoms with van der Waals surface area (Å²) in [7, 11) is 0. The third-order valence-corrected chi connectivity index (χ3v) is 6.16. The molecule has 1 aliphatic rings. The van der Waals surface area contributed by atoms with Crippen LogP contribution in [-0.4, -0.2) is 40.7 Å². The molecule has 1 N–H and O–H groups in total. The van der Waals surface area contributed by atoms with Crippen molar-refractivity contribution in [3.05, 3.63) is 82.7 Å². The Bertz CT molecular complexity index is 1440. The van der Waals surface area contributed by atoms with Crippen LogP contribution in [0.4, 0.5) is 5.69 Å². The lowest BCUT2D eigenvalue weighted by molar-refractivity contribution is -0.122. The van der Waals surface area contributed by atoms with Crippen molar-refractivity contribution in [1.82, 2.24) is 9.88 Å². The third-order valence-electron chi connectivity index (χ3n) is 5.87. The van der Waals surface area contributed by atoms with Crippen molar-refractivity contribution in [2.75, 3.05) is 18.1 Å². The molecule has 3 aromatic rings. The van der Waals surface area contributed by atoms with Crippen molar-refractivity contribution in [3.8, 4) is 11.4 Å². The molecule has 0 unspecified atom stereocenters. The van der Waals surface area contributed by atoms with Crippen molar-refractivity contribution in [1.29, 1.82) is 0 Å². The summed E-state index contributed by atoms with van der Waals surface area (Å²) in [5, 5.41) is 2.62. The number of hydrogen-bond acceptors (Lipinski definition) is 6. The standard InChI is InChI=1S/C28H27N3O5S/c1-5-35-23-12-8-11-22(16-23)31-26(33)24(25(32)29-28(31)37)15-20-13-17(3)30(18(20)4)21-10-7-9-19(14-21)27(34)36-6-2/h7-16H,5-6H2,1-4H3,(H,29,32,37)/b24-15+. The minimum atomic E-state index is -0.568. The normalized spacial score (nSPS) is 14.6. The number of nitrogens with one attached hydrogen (secondary N) is 1. The molecular formula is C28H27N3O5S. The summed E-state index contributed by atoms with van der Waals surface area (Å²) < 4.78 is 12.6. The number of carbonyl (C=O) groups excluding carboxylic acids is 3. The Hall–Kier alpha value is -4.24. The third kappa shape index (κ3) is 5.17. The number of aryl methyl sites for hydroxylation is 1. The predicted molar refractivity (Wildman–Crippen MR) is 145 cm³/mol. The van der Waals surface area contributed by atoms with Gasteiger partial charge < -0.3 is 14.0 Å². The van der Waals surface area contributed by atoms with Gasteiger partial charge in [-0.05, 0) is 88.0 Å². The minimum absolute atomic E-state index is 0.00190. The maximum atomic E-state index is 13.5. The number of amides is 2. The zero-order valence-electron chi connectivity index (χ0n) is 21.0. The number of ether oxygens (including phenoxy) is 2. The fourth-order valence-corrected chi connectivity index (χ4v) is 4.52. The fraction of sp³-hybridized carbons (Fsp3) is 0.214. The SMILES string of the molecule is CCOC(=O)c1cccc(-n2c(C)cc(/C=C3\C(=O)NC(=S)N(c4cccc(OCC)c4)C3=O)c2C)c1. The Balaban J connectivity index is 1.72. The first-order valence-corrected chi connectivity index (χ1v) is 12.3. The number of rotatable bonds is 7. The number of carbonyl (C=O) groups is 3. The molecule has 0 radical (unpaired) electrons. The monoisotopic (exact) mass is 517 g/mol. The lowest BCUT2D eigenvalue weighted by atomic mass is 10.1. The lowest BCUT2D eigenvalue weighted by Gasteiger charge is -2.29. The van der Waals surface area contributed by atoms with Gasteiger partial charge >= 0.3 is 5.97 Å². The molecule has 2 amide bonds. The first kappa shape index (κ1) is 25.8. The summed E-state index contributed by atoms with van der Waals surface area (Å²) in [5.74, 6) is -0.910. The molecule has 8 nitrogen and oxygen atoms in total. The first-order valence-electron chi connectivity index (χ1n) is 11.9. The van der Waals surface area contributed by atoms with Crippen LogP contribution in [0.2, 0.25) is 0 Å². The highest BCUT2D eigenvalue weighted by Gasteiger charge is 2.35. The van der Waals surface area contributed by atoms with Gasteiger partial charge in [0.05, 0.1) is 24.5 Å². The number of benzene rings is 2. The van der Waals surface area contributed by atoms with Crippen LogP contribution >= 0.6 is 12.2 Å². The van der Waals surface area contributed by atoms with Crippen LogP contribution in [0.25, 0.3) is 11.8 Å². The highest BCUT2D eigenvalue weighted by atomic mass is 32.1. The number of hydrogen-bond donors (Lipinski definition) is 1. The molecular weight excluding hydrogens is 490 g/mol.